The van der Waals surface area contributed by atoms with Crippen molar-refractivity contribution in [1.29, 1.82) is 0 Å². The van der Waals surface area contributed by atoms with Gasteiger partial charge in [0.2, 0.25) is 5.91 Å². The monoisotopic (exact) mass is 324 g/mol. The molecule has 0 aromatic heterocycles. The molecule has 0 aliphatic carbocycles. The molecule has 0 bridgehead atoms. The molecule has 0 radical (unpaired) electrons. The van der Waals surface area contributed by atoms with Crippen LogP contribution >= 0.6 is 0 Å². The van der Waals surface area contributed by atoms with E-state index >= 15 is 0 Å². The number of nitrogens with one attached hydrogen (secondary N) is 1. The summed E-state index contributed by atoms with van der Waals surface area (Å²) in [7, 11) is 0. The SMILES string of the molecule is CC(NCC(O)c1ccccc1)c1cccc(N2CCCC2=O)c1. The van der Waals surface area contributed by atoms with Gasteiger partial charge in [0.25, 0.3) is 0 Å². The largest absolute Gasteiger partial charge is 0.387 e. The average molecular weight is 324 g/mol. The lowest BCUT2D eigenvalue weighted by atomic mass is 10.1. The van der Waals surface area contributed by atoms with E-state index in [4.69, 9.17) is 0 Å². The Bertz CT molecular complexity index is 687. The van der Waals surface area contributed by atoms with E-state index in [1.165, 1.54) is 0 Å². The summed E-state index contributed by atoms with van der Waals surface area (Å²) in [6, 6.07) is 17.8. The van der Waals surface area contributed by atoms with E-state index in [1.54, 1.807) is 0 Å². The lowest BCUT2D eigenvalue weighted by molar-refractivity contribution is -0.117. The molecular formula is C20H24N2O2. The lowest BCUT2D eigenvalue weighted by Gasteiger charge is -2.21. The number of rotatable bonds is 6. The van der Waals surface area contributed by atoms with E-state index in [2.05, 4.69) is 24.4 Å². The predicted octanol–water partition coefficient (Wildman–Crippen LogP) is 3.20. The fourth-order valence-electron chi connectivity index (χ4n) is 3.08. The molecule has 1 aliphatic rings. The first-order valence-corrected chi connectivity index (χ1v) is 8.52. The van der Waals surface area contributed by atoms with Crippen LogP contribution in [0.15, 0.2) is 54.6 Å². The molecule has 1 aliphatic heterocycles. The van der Waals surface area contributed by atoms with Crippen molar-refractivity contribution < 1.29 is 9.90 Å². The van der Waals surface area contributed by atoms with Crippen LogP contribution in [0.5, 0.6) is 0 Å². The lowest BCUT2D eigenvalue weighted by Crippen LogP contribution is -2.26. The fourth-order valence-corrected chi connectivity index (χ4v) is 3.08. The summed E-state index contributed by atoms with van der Waals surface area (Å²) in [4.78, 5) is 13.8. The van der Waals surface area contributed by atoms with E-state index < -0.39 is 6.10 Å². The van der Waals surface area contributed by atoms with Crippen LogP contribution in [-0.4, -0.2) is 24.1 Å². The summed E-state index contributed by atoms with van der Waals surface area (Å²) < 4.78 is 0. The molecule has 24 heavy (non-hydrogen) atoms. The molecule has 0 saturated carbocycles. The smallest absolute Gasteiger partial charge is 0.227 e. The van der Waals surface area contributed by atoms with Crippen LogP contribution < -0.4 is 10.2 Å². The Balaban J connectivity index is 1.63. The molecule has 2 N–H and O–H groups in total. The topological polar surface area (TPSA) is 52.6 Å². The maximum atomic E-state index is 11.9. The first-order valence-electron chi connectivity index (χ1n) is 8.52. The Hall–Kier alpha value is -2.17. The highest BCUT2D eigenvalue weighted by atomic mass is 16.3. The molecule has 0 spiro atoms. The van der Waals surface area contributed by atoms with Gasteiger partial charge in [-0.3, -0.25) is 4.79 Å². The van der Waals surface area contributed by atoms with Crippen molar-refractivity contribution >= 4 is 11.6 Å². The van der Waals surface area contributed by atoms with Crippen molar-refractivity contribution in [2.45, 2.75) is 31.9 Å². The van der Waals surface area contributed by atoms with Crippen molar-refractivity contribution in [3.63, 3.8) is 0 Å². The number of hydrogen-bond donors (Lipinski definition) is 2. The van der Waals surface area contributed by atoms with E-state index in [0.717, 1.165) is 29.8 Å². The van der Waals surface area contributed by atoms with Gasteiger partial charge in [0, 0.05) is 31.2 Å². The van der Waals surface area contributed by atoms with Gasteiger partial charge in [-0.1, -0.05) is 42.5 Å². The van der Waals surface area contributed by atoms with Gasteiger partial charge in [-0.2, -0.15) is 0 Å². The third-order valence-electron chi connectivity index (χ3n) is 4.56. The second kappa shape index (κ2) is 7.60. The van der Waals surface area contributed by atoms with Crippen LogP contribution in [0.1, 0.15) is 43.0 Å². The molecule has 3 rings (SSSR count). The van der Waals surface area contributed by atoms with Gasteiger partial charge < -0.3 is 15.3 Å². The van der Waals surface area contributed by atoms with Crippen LogP contribution in [-0.2, 0) is 4.79 Å². The highest BCUT2D eigenvalue weighted by molar-refractivity contribution is 5.95. The molecule has 4 heteroatoms. The Morgan fingerprint density at radius 2 is 1.88 bits per heavy atom. The van der Waals surface area contributed by atoms with Gasteiger partial charge in [0.1, 0.15) is 0 Å². The van der Waals surface area contributed by atoms with E-state index in [-0.39, 0.29) is 11.9 Å². The third-order valence-corrected chi connectivity index (χ3v) is 4.56. The van der Waals surface area contributed by atoms with E-state index in [9.17, 15) is 9.90 Å². The number of anilines is 1. The molecule has 2 unspecified atom stereocenters. The molecule has 2 aromatic rings. The molecule has 1 amide bonds. The van der Waals surface area contributed by atoms with Crippen molar-refractivity contribution in [1.82, 2.24) is 5.32 Å². The molecule has 1 saturated heterocycles. The normalized spacial score (nSPS) is 17.1. The number of nitrogens with zero attached hydrogens (tertiary/aromatic N) is 1. The van der Waals surface area contributed by atoms with Crippen LogP contribution in [0.25, 0.3) is 0 Å². The van der Waals surface area contributed by atoms with Gasteiger partial charge in [-0.15, -0.1) is 0 Å². The summed E-state index contributed by atoms with van der Waals surface area (Å²) in [5.74, 6) is 0.201. The minimum absolute atomic E-state index is 0.0982. The first-order chi connectivity index (χ1) is 11.6. The molecular weight excluding hydrogens is 300 g/mol. The molecule has 1 heterocycles. The second-order valence-electron chi connectivity index (χ2n) is 6.30. The molecule has 4 nitrogen and oxygen atoms in total. The summed E-state index contributed by atoms with van der Waals surface area (Å²) in [5.41, 5.74) is 2.99. The number of hydrogen-bond acceptors (Lipinski definition) is 3. The maximum absolute atomic E-state index is 11.9. The Morgan fingerprint density at radius 3 is 2.58 bits per heavy atom. The Labute approximate surface area is 143 Å². The zero-order valence-corrected chi connectivity index (χ0v) is 14.0. The quantitative estimate of drug-likeness (QED) is 0.858. The maximum Gasteiger partial charge on any atom is 0.227 e. The number of benzene rings is 2. The van der Waals surface area contributed by atoms with Gasteiger partial charge in [-0.25, -0.2) is 0 Å². The van der Waals surface area contributed by atoms with Crippen molar-refractivity contribution in [2.75, 3.05) is 18.0 Å². The summed E-state index contributed by atoms with van der Waals surface area (Å²) in [6.45, 7) is 3.36. The summed E-state index contributed by atoms with van der Waals surface area (Å²) in [5, 5.41) is 13.6. The van der Waals surface area contributed by atoms with E-state index in [1.807, 2.05) is 47.4 Å². The minimum atomic E-state index is -0.531. The first kappa shape index (κ1) is 16.7. The molecule has 2 atom stereocenters. The highest BCUT2D eigenvalue weighted by Gasteiger charge is 2.22. The van der Waals surface area contributed by atoms with Crippen molar-refractivity contribution in [2.24, 2.45) is 0 Å². The third kappa shape index (κ3) is 3.83. The van der Waals surface area contributed by atoms with Crippen LogP contribution in [0.3, 0.4) is 0 Å². The number of carbonyl (C=O) groups excluding carboxylic acids is 1. The number of aliphatic hydroxyl groups excluding tert-OH is 1. The van der Waals surface area contributed by atoms with Gasteiger partial charge in [0.05, 0.1) is 6.10 Å². The summed E-state index contributed by atoms with van der Waals surface area (Å²) >= 11 is 0. The molecule has 126 valence electrons. The number of carbonyl (C=O) groups is 1. The van der Waals surface area contributed by atoms with Crippen LogP contribution in [0.4, 0.5) is 5.69 Å². The average Bonchev–Trinajstić information content (AvgIpc) is 3.06. The fraction of sp³-hybridized carbons (Fsp3) is 0.350. The van der Waals surface area contributed by atoms with Crippen LogP contribution in [0, 0.1) is 0 Å². The number of aliphatic hydroxyl groups is 1. The van der Waals surface area contributed by atoms with Gasteiger partial charge in [-0.05, 0) is 36.6 Å². The van der Waals surface area contributed by atoms with Gasteiger partial charge >= 0.3 is 0 Å². The Kier molecular flexibility index (Phi) is 5.28. The molecule has 2 aromatic carbocycles. The highest BCUT2D eigenvalue weighted by Crippen LogP contribution is 2.25. The zero-order chi connectivity index (χ0) is 16.9. The molecule has 1 fully saturated rings. The standard InChI is InChI=1S/C20H24N2O2/c1-15(21-14-19(23)16-7-3-2-4-8-16)17-9-5-10-18(13-17)22-12-6-11-20(22)24/h2-5,7-10,13,15,19,21,23H,6,11-12,14H2,1H3. The van der Waals surface area contributed by atoms with E-state index in [0.29, 0.717) is 13.0 Å². The summed E-state index contributed by atoms with van der Waals surface area (Å²) in [6.07, 6.45) is 1.04. The number of amides is 1. The Morgan fingerprint density at radius 1 is 1.12 bits per heavy atom. The van der Waals surface area contributed by atoms with Crippen molar-refractivity contribution in [3.8, 4) is 0 Å². The minimum Gasteiger partial charge on any atom is -0.387 e. The van der Waals surface area contributed by atoms with Gasteiger partial charge in [0.15, 0.2) is 0 Å². The van der Waals surface area contributed by atoms with Crippen LogP contribution in [0.2, 0.25) is 0 Å². The predicted molar refractivity (Wildman–Crippen MR) is 95.8 cm³/mol. The van der Waals surface area contributed by atoms with Crippen molar-refractivity contribution in [3.05, 3.63) is 65.7 Å². The second-order valence-corrected chi connectivity index (χ2v) is 6.30. The zero-order valence-electron chi connectivity index (χ0n) is 14.0.